The molecule has 4 nitrogen and oxygen atoms in total. The van der Waals surface area contributed by atoms with Crippen LogP contribution in [0.25, 0.3) is 0 Å². The molecule has 1 aromatic carbocycles. The third-order valence-corrected chi connectivity index (χ3v) is 4.69. The fourth-order valence-electron chi connectivity index (χ4n) is 2.39. The Hall–Kier alpha value is -2.01. The maximum absolute atomic E-state index is 12.7. The zero-order valence-electron chi connectivity index (χ0n) is 11.7. The van der Waals surface area contributed by atoms with Gasteiger partial charge in [0.1, 0.15) is 5.37 Å². The van der Waals surface area contributed by atoms with Crippen LogP contribution in [-0.4, -0.2) is 35.2 Å². The molecule has 21 heavy (non-hydrogen) atoms. The van der Waals surface area contributed by atoms with Gasteiger partial charge >= 0.3 is 0 Å². The Morgan fingerprint density at radius 1 is 1.33 bits per heavy atom. The number of ether oxygens (including phenoxy) is 1. The zero-order valence-corrected chi connectivity index (χ0v) is 12.5. The molecular formula is C16H16N2O2S. The number of aromatic nitrogens is 1. The number of rotatable bonds is 3. The van der Waals surface area contributed by atoms with Crippen molar-refractivity contribution in [2.24, 2.45) is 0 Å². The van der Waals surface area contributed by atoms with Gasteiger partial charge in [0.05, 0.1) is 7.11 Å². The third-order valence-electron chi connectivity index (χ3n) is 3.43. The van der Waals surface area contributed by atoms with Gasteiger partial charge in [-0.05, 0) is 11.6 Å². The molecule has 3 rings (SSSR count). The van der Waals surface area contributed by atoms with Crippen molar-refractivity contribution in [3.8, 4) is 5.88 Å². The van der Waals surface area contributed by atoms with E-state index in [0.717, 1.165) is 17.9 Å². The number of amides is 1. The van der Waals surface area contributed by atoms with Crippen LogP contribution in [0.15, 0.2) is 48.7 Å². The molecule has 2 aromatic rings. The van der Waals surface area contributed by atoms with Gasteiger partial charge in [0.15, 0.2) is 0 Å². The summed E-state index contributed by atoms with van der Waals surface area (Å²) in [4.78, 5) is 18.7. The minimum atomic E-state index is 0.0227. The molecule has 0 spiro atoms. The van der Waals surface area contributed by atoms with Gasteiger partial charge in [-0.15, -0.1) is 11.8 Å². The van der Waals surface area contributed by atoms with Crippen molar-refractivity contribution in [2.75, 3.05) is 19.4 Å². The lowest BCUT2D eigenvalue weighted by Crippen LogP contribution is -2.30. The SMILES string of the molecule is COc1cc(C(=O)N2CCSC2c2ccccc2)ccn1. The summed E-state index contributed by atoms with van der Waals surface area (Å²) in [6, 6.07) is 13.6. The fraction of sp³-hybridized carbons (Fsp3) is 0.250. The summed E-state index contributed by atoms with van der Waals surface area (Å²) in [5.74, 6) is 1.44. The maximum Gasteiger partial charge on any atom is 0.255 e. The molecule has 5 heteroatoms. The van der Waals surface area contributed by atoms with Crippen molar-refractivity contribution in [3.05, 3.63) is 59.8 Å². The summed E-state index contributed by atoms with van der Waals surface area (Å²) in [6.07, 6.45) is 1.60. The zero-order chi connectivity index (χ0) is 14.7. The predicted molar refractivity (Wildman–Crippen MR) is 83.5 cm³/mol. The van der Waals surface area contributed by atoms with E-state index in [1.807, 2.05) is 23.1 Å². The molecule has 1 amide bonds. The van der Waals surface area contributed by atoms with Crippen molar-refractivity contribution in [3.63, 3.8) is 0 Å². The van der Waals surface area contributed by atoms with Gasteiger partial charge in [0.25, 0.3) is 5.91 Å². The fourth-order valence-corrected chi connectivity index (χ4v) is 3.65. The summed E-state index contributed by atoms with van der Waals surface area (Å²) in [7, 11) is 1.55. The van der Waals surface area contributed by atoms with E-state index in [2.05, 4.69) is 17.1 Å². The predicted octanol–water partition coefficient (Wildman–Crippen LogP) is 2.98. The van der Waals surface area contributed by atoms with Crippen LogP contribution in [0, 0.1) is 0 Å². The molecule has 1 aliphatic heterocycles. The lowest BCUT2D eigenvalue weighted by Gasteiger charge is -2.24. The molecule has 2 heterocycles. The van der Waals surface area contributed by atoms with Crippen molar-refractivity contribution in [1.82, 2.24) is 9.88 Å². The van der Waals surface area contributed by atoms with E-state index in [1.165, 1.54) is 0 Å². The van der Waals surface area contributed by atoms with E-state index in [0.29, 0.717) is 11.4 Å². The normalized spacial score (nSPS) is 17.8. The maximum atomic E-state index is 12.7. The molecule has 1 unspecified atom stereocenters. The Morgan fingerprint density at radius 2 is 2.14 bits per heavy atom. The molecule has 0 radical (unpaired) electrons. The van der Waals surface area contributed by atoms with Crippen molar-refractivity contribution in [1.29, 1.82) is 0 Å². The lowest BCUT2D eigenvalue weighted by molar-refractivity contribution is 0.0759. The van der Waals surface area contributed by atoms with Crippen LogP contribution < -0.4 is 4.74 Å². The number of hydrogen-bond acceptors (Lipinski definition) is 4. The monoisotopic (exact) mass is 300 g/mol. The molecule has 1 fully saturated rings. The van der Waals surface area contributed by atoms with E-state index < -0.39 is 0 Å². The molecule has 0 N–H and O–H groups in total. The van der Waals surface area contributed by atoms with Crippen LogP contribution >= 0.6 is 11.8 Å². The Morgan fingerprint density at radius 3 is 2.90 bits per heavy atom. The van der Waals surface area contributed by atoms with Gasteiger partial charge in [-0.1, -0.05) is 30.3 Å². The van der Waals surface area contributed by atoms with Gasteiger partial charge in [-0.3, -0.25) is 4.79 Å². The smallest absolute Gasteiger partial charge is 0.255 e. The molecule has 1 aliphatic rings. The number of methoxy groups -OCH3 is 1. The quantitative estimate of drug-likeness (QED) is 0.874. The van der Waals surface area contributed by atoms with E-state index >= 15 is 0 Å². The lowest BCUT2D eigenvalue weighted by atomic mass is 10.1. The summed E-state index contributed by atoms with van der Waals surface area (Å²) in [5.41, 5.74) is 1.78. The second-order valence-corrected chi connectivity index (χ2v) is 5.91. The highest BCUT2D eigenvalue weighted by Gasteiger charge is 2.31. The Labute approximate surface area is 128 Å². The van der Waals surface area contributed by atoms with E-state index in [-0.39, 0.29) is 11.3 Å². The molecule has 0 saturated carbocycles. The van der Waals surface area contributed by atoms with Crippen LogP contribution in [0.1, 0.15) is 21.3 Å². The van der Waals surface area contributed by atoms with Crippen LogP contribution in [0.3, 0.4) is 0 Å². The standard InChI is InChI=1S/C16H16N2O2S/c1-20-14-11-13(7-8-17-14)15(19)18-9-10-21-16(18)12-5-3-2-4-6-12/h2-8,11,16H,9-10H2,1H3. The van der Waals surface area contributed by atoms with Crippen molar-refractivity contribution < 1.29 is 9.53 Å². The highest BCUT2D eigenvalue weighted by molar-refractivity contribution is 7.99. The molecule has 0 bridgehead atoms. The first kappa shape index (κ1) is 13.9. The minimum absolute atomic E-state index is 0.0227. The summed E-state index contributed by atoms with van der Waals surface area (Å²) >= 11 is 1.79. The van der Waals surface area contributed by atoms with Gasteiger partial charge in [-0.25, -0.2) is 4.98 Å². The van der Waals surface area contributed by atoms with Gasteiger partial charge in [0.2, 0.25) is 5.88 Å². The number of thioether (sulfide) groups is 1. The van der Waals surface area contributed by atoms with Crippen LogP contribution in [0.2, 0.25) is 0 Å². The summed E-state index contributed by atoms with van der Waals surface area (Å²) < 4.78 is 5.09. The molecule has 1 atom stereocenters. The average molecular weight is 300 g/mol. The second kappa shape index (κ2) is 6.18. The van der Waals surface area contributed by atoms with Crippen LogP contribution in [0.4, 0.5) is 0 Å². The minimum Gasteiger partial charge on any atom is -0.481 e. The Bertz CT molecular complexity index is 633. The Balaban J connectivity index is 1.86. The Kier molecular flexibility index (Phi) is 4.10. The van der Waals surface area contributed by atoms with E-state index in [4.69, 9.17) is 4.74 Å². The average Bonchev–Trinajstić information content (AvgIpc) is 3.04. The number of pyridine rings is 1. The first-order chi connectivity index (χ1) is 10.3. The van der Waals surface area contributed by atoms with E-state index in [9.17, 15) is 4.79 Å². The third kappa shape index (κ3) is 2.88. The van der Waals surface area contributed by atoms with Crippen LogP contribution in [0.5, 0.6) is 5.88 Å². The first-order valence-electron chi connectivity index (χ1n) is 6.77. The largest absolute Gasteiger partial charge is 0.481 e. The van der Waals surface area contributed by atoms with Gasteiger partial charge in [-0.2, -0.15) is 0 Å². The molecular weight excluding hydrogens is 284 g/mol. The number of benzene rings is 1. The van der Waals surface area contributed by atoms with E-state index in [1.54, 1.807) is 37.2 Å². The highest BCUT2D eigenvalue weighted by atomic mass is 32.2. The van der Waals surface area contributed by atoms with Crippen LogP contribution in [-0.2, 0) is 0 Å². The van der Waals surface area contributed by atoms with Gasteiger partial charge in [0, 0.05) is 30.1 Å². The first-order valence-corrected chi connectivity index (χ1v) is 7.82. The number of carbonyl (C=O) groups excluding carboxylic acids is 1. The topological polar surface area (TPSA) is 42.4 Å². The summed E-state index contributed by atoms with van der Waals surface area (Å²) in [5, 5.41) is 0.0814. The second-order valence-electron chi connectivity index (χ2n) is 4.72. The number of hydrogen-bond donors (Lipinski definition) is 0. The number of carbonyl (C=O) groups is 1. The highest BCUT2D eigenvalue weighted by Crippen LogP contribution is 2.38. The molecule has 1 aromatic heterocycles. The van der Waals surface area contributed by atoms with Crippen molar-refractivity contribution in [2.45, 2.75) is 5.37 Å². The van der Waals surface area contributed by atoms with Gasteiger partial charge < -0.3 is 9.64 Å². The molecule has 108 valence electrons. The van der Waals surface area contributed by atoms with Crippen molar-refractivity contribution >= 4 is 17.7 Å². The number of nitrogens with zero attached hydrogens (tertiary/aromatic N) is 2. The summed E-state index contributed by atoms with van der Waals surface area (Å²) in [6.45, 7) is 0.758. The molecule has 0 aliphatic carbocycles. The molecule has 1 saturated heterocycles.